The number of hydrogen-bond acceptors (Lipinski definition) is 2. The fourth-order valence-corrected chi connectivity index (χ4v) is 2.79. The maximum Gasteiger partial charge on any atom is 0.227 e. The van der Waals surface area contributed by atoms with Gasteiger partial charge in [0.15, 0.2) is 0 Å². The van der Waals surface area contributed by atoms with Gasteiger partial charge in [-0.05, 0) is 56.0 Å². The second-order valence-corrected chi connectivity index (χ2v) is 5.90. The lowest BCUT2D eigenvalue weighted by Gasteiger charge is -2.30. The van der Waals surface area contributed by atoms with Crippen LogP contribution in [0, 0.1) is 0 Å². The summed E-state index contributed by atoms with van der Waals surface area (Å²) in [6.07, 6.45) is 3.71. The fourth-order valence-electron chi connectivity index (χ4n) is 2.79. The Morgan fingerprint density at radius 3 is 2.81 bits per heavy atom. The molecule has 0 fully saturated rings. The van der Waals surface area contributed by atoms with Gasteiger partial charge >= 0.3 is 0 Å². The van der Waals surface area contributed by atoms with Crippen molar-refractivity contribution in [1.29, 1.82) is 0 Å². The molecule has 1 aliphatic rings. The van der Waals surface area contributed by atoms with Crippen LogP contribution in [0.1, 0.15) is 50.2 Å². The van der Waals surface area contributed by atoms with Crippen LogP contribution in [-0.4, -0.2) is 26.0 Å². The summed E-state index contributed by atoms with van der Waals surface area (Å²) < 4.78 is 0. The molecule has 0 bridgehead atoms. The Balaban J connectivity index is 0.00000220. The highest BCUT2D eigenvalue weighted by Crippen LogP contribution is 2.30. The van der Waals surface area contributed by atoms with Gasteiger partial charge in [-0.15, -0.1) is 12.4 Å². The quantitative estimate of drug-likeness (QED) is 0.844. The van der Waals surface area contributed by atoms with E-state index in [0.717, 1.165) is 38.0 Å². The second kappa shape index (κ2) is 8.40. The fraction of sp³-hybridized carbons (Fsp3) is 0.588. The molecule has 4 heteroatoms. The summed E-state index contributed by atoms with van der Waals surface area (Å²) in [6, 6.07) is 6.59. The van der Waals surface area contributed by atoms with Crippen LogP contribution in [0.5, 0.6) is 0 Å². The van der Waals surface area contributed by atoms with Gasteiger partial charge in [-0.2, -0.15) is 0 Å². The second-order valence-electron chi connectivity index (χ2n) is 5.90. The van der Waals surface area contributed by atoms with Gasteiger partial charge < -0.3 is 10.2 Å². The average Bonchev–Trinajstić information content (AvgIpc) is 2.46. The molecule has 0 radical (unpaired) electrons. The van der Waals surface area contributed by atoms with Crippen molar-refractivity contribution in [2.45, 2.75) is 45.4 Å². The molecule has 0 aliphatic carbocycles. The lowest BCUT2D eigenvalue weighted by molar-refractivity contribution is -0.118. The minimum absolute atomic E-state index is 0. The number of benzene rings is 1. The first-order chi connectivity index (χ1) is 9.63. The van der Waals surface area contributed by atoms with E-state index in [-0.39, 0.29) is 18.3 Å². The van der Waals surface area contributed by atoms with Crippen molar-refractivity contribution in [1.82, 2.24) is 5.32 Å². The van der Waals surface area contributed by atoms with Crippen LogP contribution in [0.15, 0.2) is 18.2 Å². The molecule has 1 aliphatic heterocycles. The number of aryl methyl sites for hydroxylation is 1. The van der Waals surface area contributed by atoms with E-state index in [1.807, 2.05) is 11.9 Å². The maximum absolute atomic E-state index is 12.4. The van der Waals surface area contributed by atoms with Crippen LogP contribution in [0.25, 0.3) is 0 Å². The highest BCUT2D eigenvalue weighted by molar-refractivity contribution is 5.94. The Morgan fingerprint density at radius 2 is 2.14 bits per heavy atom. The SMILES string of the molecule is CNCCCC(=O)N1CCCc2cc(C(C)C)ccc21.Cl. The lowest BCUT2D eigenvalue weighted by Crippen LogP contribution is -2.35. The first-order valence-electron chi connectivity index (χ1n) is 7.71. The van der Waals surface area contributed by atoms with Gasteiger partial charge in [0.1, 0.15) is 0 Å². The van der Waals surface area contributed by atoms with Gasteiger partial charge in [-0.1, -0.05) is 26.0 Å². The number of nitrogens with one attached hydrogen (secondary N) is 1. The maximum atomic E-state index is 12.4. The molecule has 1 aromatic carbocycles. The van der Waals surface area contributed by atoms with Crippen molar-refractivity contribution in [2.75, 3.05) is 25.0 Å². The van der Waals surface area contributed by atoms with E-state index in [0.29, 0.717) is 12.3 Å². The van der Waals surface area contributed by atoms with Crippen LogP contribution in [0.2, 0.25) is 0 Å². The minimum atomic E-state index is 0. The predicted octanol–water partition coefficient (Wildman–Crippen LogP) is 3.51. The molecule has 1 aromatic rings. The molecule has 0 aromatic heterocycles. The zero-order chi connectivity index (χ0) is 14.5. The highest BCUT2D eigenvalue weighted by Gasteiger charge is 2.22. The third-order valence-corrected chi connectivity index (χ3v) is 4.01. The zero-order valence-corrected chi connectivity index (χ0v) is 14.1. The standard InChI is InChI=1S/C17H26N2O.ClH/c1-13(2)14-8-9-16-15(12-14)6-5-11-19(16)17(20)7-4-10-18-3;/h8-9,12-13,18H,4-7,10-11H2,1-3H3;1H. The molecule has 1 amide bonds. The predicted molar refractivity (Wildman–Crippen MR) is 91.6 cm³/mol. The Morgan fingerprint density at radius 1 is 1.38 bits per heavy atom. The van der Waals surface area contributed by atoms with Crippen LogP contribution in [-0.2, 0) is 11.2 Å². The number of anilines is 1. The molecule has 0 atom stereocenters. The normalized spacial score (nSPS) is 13.8. The lowest BCUT2D eigenvalue weighted by atomic mass is 9.94. The molecule has 0 saturated carbocycles. The third-order valence-electron chi connectivity index (χ3n) is 4.01. The van der Waals surface area contributed by atoms with E-state index in [1.54, 1.807) is 0 Å². The van der Waals surface area contributed by atoms with E-state index in [9.17, 15) is 4.79 Å². The number of nitrogens with zero attached hydrogens (tertiary/aromatic N) is 1. The Bertz CT molecular complexity index is 474. The van der Waals surface area contributed by atoms with Crippen molar-refractivity contribution in [3.63, 3.8) is 0 Å². The summed E-state index contributed by atoms with van der Waals surface area (Å²) in [7, 11) is 1.92. The Labute approximate surface area is 134 Å². The summed E-state index contributed by atoms with van der Waals surface area (Å²) in [6.45, 7) is 6.20. The van der Waals surface area contributed by atoms with Crippen LogP contribution in [0.3, 0.4) is 0 Å². The number of amides is 1. The van der Waals surface area contributed by atoms with E-state index in [2.05, 4.69) is 37.4 Å². The van der Waals surface area contributed by atoms with E-state index in [1.165, 1.54) is 11.1 Å². The Kier molecular flexibility index (Phi) is 7.20. The largest absolute Gasteiger partial charge is 0.320 e. The summed E-state index contributed by atoms with van der Waals surface area (Å²) in [5, 5.41) is 3.09. The number of fused-ring (bicyclic) bond motifs is 1. The smallest absolute Gasteiger partial charge is 0.227 e. The molecule has 118 valence electrons. The molecular weight excluding hydrogens is 284 g/mol. The third kappa shape index (κ3) is 4.45. The van der Waals surface area contributed by atoms with Crippen LogP contribution >= 0.6 is 12.4 Å². The first-order valence-corrected chi connectivity index (χ1v) is 7.71. The van der Waals surface area contributed by atoms with Crippen molar-refractivity contribution < 1.29 is 4.79 Å². The summed E-state index contributed by atoms with van der Waals surface area (Å²) in [4.78, 5) is 14.3. The summed E-state index contributed by atoms with van der Waals surface area (Å²) in [5.74, 6) is 0.806. The van der Waals surface area contributed by atoms with Crippen molar-refractivity contribution >= 4 is 24.0 Å². The molecule has 0 spiro atoms. The van der Waals surface area contributed by atoms with Gasteiger partial charge in [-0.3, -0.25) is 4.79 Å². The van der Waals surface area contributed by atoms with Gasteiger partial charge in [0.25, 0.3) is 0 Å². The molecule has 0 unspecified atom stereocenters. The summed E-state index contributed by atoms with van der Waals surface area (Å²) in [5.41, 5.74) is 3.84. The topological polar surface area (TPSA) is 32.3 Å². The highest BCUT2D eigenvalue weighted by atomic mass is 35.5. The first kappa shape index (κ1) is 18.0. The molecule has 21 heavy (non-hydrogen) atoms. The van der Waals surface area contributed by atoms with Crippen LogP contribution < -0.4 is 10.2 Å². The van der Waals surface area contributed by atoms with Crippen molar-refractivity contribution in [3.05, 3.63) is 29.3 Å². The molecule has 1 heterocycles. The van der Waals surface area contributed by atoms with Crippen molar-refractivity contribution in [2.24, 2.45) is 0 Å². The Hall–Kier alpha value is -1.06. The average molecular weight is 311 g/mol. The minimum Gasteiger partial charge on any atom is -0.320 e. The van der Waals surface area contributed by atoms with E-state index in [4.69, 9.17) is 0 Å². The molecule has 1 N–H and O–H groups in total. The monoisotopic (exact) mass is 310 g/mol. The molecule has 2 rings (SSSR count). The zero-order valence-electron chi connectivity index (χ0n) is 13.3. The van der Waals surface area contributed by atoms with E-state index < -0.39 is 0 Å². The number of rotatable bonds is 5. The number of halogens is 1. The van der Waals surface area contributed by atoms with Gasteiger partial charge in [0, 0.05) is 18.7 Å². The van der Waals surface area contributed by atoms with E-state index >= 15 is 0 Å². The number of hydrogen-bond donors (Lipinski definition) is 1. The van der Waals surface area contributed by atoms with Crippen molar-refractivity contribution in [3.8, 4) is 0 Å². The van der Waals surface area contributed by atoms with Gasteiger partial charge in [-0.25, -0.2) is 0 Å². The number of carbonyl (C=O) groups is 1. The molecule has 3 nitrogen and oxygen atoms in total. The molecule has 0 saturated heterocycles. The van der Waals surface area contributed by atoms with Crippen LogP contribution in [0.4, 0.5) is 5.69 Å². The van der Waals surface area contributed by atoms with Gasteiger partial charge in [0.2, 0.25) is 5.91 Å². The number of carbonyl (C=O) groups excluding carboxylic acids is 1. The van der Waals surface area contributed by atoms with Gasteiger partial charge in [0.05, 0.1) is 0 Å². The summed E-state index contributed by atoms with van der Waals surface area (Å²) >= 11 is 0. The molecular formula is C17H27ClN2O.